The van der Waals surface area contributed by atoms with Crippen LogP contribution in [0.5, 0.6) is 0 Å². The van der Waals surface area contributed by atoms with E-state index in [1.54, 1.807) is 20.8 Å². The van der Waals surface area contributed by atoms with E-state index in [4.69, 9.17) is 5.73 Å². The van der Waals surface area contributed by atoms with Crippen molar-refractivity contribution in [1.82, 2.24) is 10.6 Å². The summed E-state index contributed by atoms with van der Waals surface area (Å²) >= 11 is 0. The van der Waals surface area contributed by atoms with Gasteiger partial charge in [-0.15, -0.1) is 0 Å². The van der Waals surface area contributed by atoms with Crippen molar-refractivity contribution in [3.05, 3.63) is 0 Å². The van der Waals surface area contributed by atoms with Crippen molar-refractivity contribution in [2.24, 2.45) is 5.41 Å². The van der Waals surface area contributed by atoms with Crippen LogP contribution in [0.1, 0.15) is 20.8 Å². The number of carbonyl (C=O) groups is 1. The number of alkyl halides is 2. The molecule has 1 atom stereocenters. The van der Waals surface area contributed by atoms with Crippen LogP contribution in [0.25, 0.3) is 0 Å². The van der Waals surface area contributed by atoms with Crippen LogP contribution in [-0.4, -0.2) is 35.9 Å². The molecule has 0 aliphatic carbocycles. The Morgan fingerprint density at radius 2 is 1.86 bits per heavy atom. The van der Waals surface area contributed by atoms with E-state index in [9.17, 15) is 13.6 Å². The molecule has 0 aromatic rings. The minimum Gasteiger partial charge on any atom is -0.329 e. The average Bonchev–Trinajstić information content (AvgIpc) is 1.95. The van der Waals surface area contributed by atoms with Crippen molar-refractivity contribution in [3.63, 3.8) is 0 Å². The Morgan fingerprint density at radius 1 is 1.43 bits per heavy atom. The first-order valence-corrected chi connectivity index (χ1v) is 4.51. The van der Waals surface area contributed by atoms with Gasteiger partial charge in [0.2, 0.25) is 5.91 Å². The van der Waals surface area contributed by atoms with Crippen LogP contribution < -0.4 is 5.73 Å². The summed E-state index contributed by atoms with van der Waals surface area (Å²) in [5.41, 5.74) is 7.09. The number of rotatable bonds is 1. The third kappa shape index (κ3) is 2.20. The van der Waals surface area contributed by atoms with Gasteiger partial charge in [-0.25, -0.2) is 14.5 Å². The maximum absolute atomic E-state index is 12.5. The molecule has 1 rings (SSSR count). The van der Waals surface area contributed by atoms with Crippen molar-refractivity contribution in [1.29, 1.82) is 0 Å². The molecule has 1 unspecified atom stereocenters. The van der Waals surface area contributed by atoms with E-state index in [1.165, 1.54) is 0 Å². The van der Waals surface area contributed by atoms with Crippen molar-refractivity contribution < 1.29 is 13.6 Å². The van der Waals surface area contributed by atoms with E-state index in [1.807, 2.05) is 0 Å². The van der Waals surface area contributed by atoms with Gasteiger partial charge in [0.05, 0.1) is 13.1 Å². The average molecular weight is 205 g/mol. The second-order valence-corrected chi connectivity index (χ2v) is 4.85. The fourth-order valence-electron chi connectivity index (χ4n) is 1.22. The molecule has 14 heavy (non-hydrogen) atoms. The Balaban J connectivity index is 2.53. The topological polar surface area (TPSA) is 44.1 Å². The van der Waals surface area contributed by atoms with E-state index in [2.05, 4.69) is 0 Å². The van der Waals surface area contributed by atoms with Gasteiger partial charge in [-0.2, -0.15) is 0 Å². The highest BCUT2D eigenvalue weighted by atomic mass is 19.3. The Morgan fingerprint density at radius 3 is 2.14 bits per heavy atom. The van der Waals surface area contributed by atoms with Gasteiger partial charge in [-0.05, 0) is 5.41 Å². The van der Waals surface area contributed by atoms with Crippen molar-refractivity contribution in [3.8, 4) is 0 Å². The van der Waals surface area contributed by atoms with Gasteiger partial charge in [-0.3, -0.25) is 4.79 Å². The lowest BCUT2D eigenvalue weighted by molar-refractivity contribution is -0.169. The van der Waals surface area contributed by atoms with Gasteiger partial charge < -0.3 is 4.90 Å². The molecule has 1 radical (unpaired) electrons. The summed E-state index contributed by atoms with van der Waals surface area (Å²) < 4.78 is 24.9. The maximum Gasteiger partial charge on any atom is 0.282 e. The predicted octanol–water partition coefficient (Wildman–Crippen LogP) is 1.16. The Labute approximate surface area is 82.2 Å². The van der Waals surface area contributed by atoms with Crippen molar-refractivity contribution >= 4 is 5.91 Å². The standard InChI is InChI=1S/C9H15F2N2O/c1-8(2,3)6(12)7(14)13-4-9(10,11)5-13/h6,12H,4-5H2,1-3H3. The predicted molar refractivity (Wildman–Crippen MR) is 47.9 cm³/mol. The second kappa shape index (κ2) is 3.15. The zero-order valence-electron chi connectivity index (χ0n) is 8.60. The lowest BCUT2D eigenvalue weighted by Crippen LogP contribution is -2.62. The van der Waals surface area contributed by atoms with E-state index in [-0.39, 0.29) is 0 Å². The monoisotopic (exact) mass is 205 g/mol. The molecule has 1 aliphatic heterocycles. The Bertz CT molecular complexity index is 240. The molecule has 1 amide bonds. The van der Waals surface area contributed by atoms with Crippen LogP contribution in [0.4, 0.5) is 8.78 Å². The van der Waals surface area contributed by atoms with Gasteiger partial charge in [0.25, 0.3) is 5.92 Å². The van der Waals surface area contributed by atoms with E-state index in [0.717, 1.165) is 4.90 Å². The summed E-state index contributed by atoms with van der Waals surface area (Å²) in [6.45, 7) is 4.19. The molecule has 0 aromatic carbocycles. The first-order chi connectivity index (χ1) is 6.13. The number of hydrogen-bond donors (Lipinski definition) is 0. The third-order valence-corrected chi connectivity index (χ3v) is 2.27. The van der Waals surface area contributed by atoms with Gasteiger partial charge in [0, 0.05) is 0 Å². The number of nitrogens with zero attached hydrogens (tertiary/aromatic N) is 1. The lowest BCUT2D eigenvalue weighted by atomic mass is 9.86. The lowest BCUT2D eigenvalue weighted by Gasteiger charge is -2.41. The van der Waals surface area contributed by atoms with Crippen molar-refractivity contribution in [2.75, 3.05) is 13.1 Å². The number of hydrogen-bond acceptors (Lipinski definition) is 1. The normalized spacial score (nSPS) is 22.9. The largest absolute Gasteiger partial charge is 0.329 e. The second-order valence-electron chi connectivity index (χ2n) is 4.85. The van der Waals surface area contributed by atoms with Crippen LogP contribution in [0.3, 0.4) is 0 Å². The summed E-state index contributed by atoms with van der Waals surface area (Å²) in [6, 6.07) is -0.960. The molecule has 1 saturated heterocycles. The van der Waals surface area contributed by atoms with Gasteiger partial charge in [0.15, 0.2) is 0 Å². The molecule has 1 N–H and O–H groups in total. The molecule has 1 heterocycles. The summed E-state index contributed by atoms with van der Waals surface area (Å²) in [7, 11) is 0. The molecule has 5 heteroatoms. The molecular weight excluding hydrogens is 190 g/mol. The smallest absolute Gasteiger partial charge is 0.282 e. The molecule has 0 bridgehead atoms. The van der Waals surface area contributed by atoms with E-state index < -0.39 is 36.4 Å². The number of likely N-dealkylation sites (tertiary alicyclic amines) is 1. The van der Waals surface area contributed by atoms with E-state index >= 15 is 0 Å². The van der Waals surface area contributed by atoms with Gasteiger partial charge in [-0.1, -0.05) is 20.8 Å². The van der Waals surface area contributed by atoms with Crippen molar-refractivity contribution in [2.45, 2.75) is 32.7 Å². The highest BCUT2D eigenvalue weighted by molar-refractivity contribution is 5.83. The summed E-state index contributed by atoms with van der Waals surface area (Å²) in [5, 5.41) is 0. The van der Waals surface area contributed by atoms with Crippen LogP contribution >= 0.6 is 0 Å². The molecule has 0 spiro atoms. The molecular formula is C9H15F2N2O. The number of nitrogens with one attached hydrogen (secondary N) is 1. The summed E-state index contributed by atoms with van der Waals surface area (Å²) in [4.78, 5) is 12.5. The van der Waals surface area contributed by atoms with Gasteiger partial charge >= 0.3 is 0 Å². The Hall–Kier alpha value is -0.710. The first kappa shape index (κ1) is 11.4. The zero-order valence-corrected chi connectivity index (χ0v) is 8.60. The number of carbonyl (C=O) groups excluding carboxylic acids is 1. The number of amides is 1. The highest BCUT2D eigenvalue weighted by Gasteiger charge is 2.48. The molecule has 0 aromatic heterocycles. The minimum absolute atomic E-state index is 0.497. The van der Waals surface area contributed by atoms with Gasteiger partial charge in [0.1, 0.15) is 6.04 Å². The molecule has 1 aliphatic rings. The quantitative estimate of drug-likeness (QED) is 0.633. The fraction of sp³-hybridized carbons (Fsp3) is 0.889. The van der Waals surface area contributed by atoms with Crippen LogP contribution in [0, 0.1) is 5.41 Å². The van der Waals surface area contributed by atoms with Crippen LogP contribution in [0.2, 0.25) is 0 Å². The third-order valence-electron chi connectivity index (χ3n) is 2.27. The fourth-order valence-corrected chi connectivity index (χ4v) is 1.22. The van der Waals surface area contributed by atoms with Crippen LogP contribution in [-0.2, 0) is 4.79 Å². The SMILES string of the molecule is CC(C)(C)C([NH])C(=O)N1CC(F)(F)C1. The zero-order chi connectivity index (χ0) is 11.1. The molecule has 1 fully saturated rings. The first-order valence-electron chi connectivity index (χ1n) is 4.51. The highest BCUT2D eigenvalue weighted by Crippen LogP contribution is 2.29. The maximum atomic E-state index is 12.5. The molecule has 3 nitrogen and oxygen atoms in total. The minimum atomic E-state index is -2.74. The summed E-state index contributed by atoms with van der Waals surface area (Å²) in [6.07, 6.45) is 0. The Kier molecular flexibility index (Phi) is 2.56. The molecule has 0 saturated carbocycles. The molecule has 81 valence electrons. The van der Waals surface area contributed by atoms with E-state index in [0.29, 0.717) is 0 Å². The summed E-state index contributed by atoms with van der Waals surface area (Å²) in [5.74, 6) is -3.24. The number of halogens is 2. The van der Waals surface area contributed by atoms with Crippen LogP contribution in [0.15, 0.2) is 0 Å².